The molecule has 5 nitrogen and oxygen atoms in total. The van der Waals surface area contributed by atoms with Gasteiger partial charge in [0.1, 0.15) is 11.2 Å². The van der Waals surface area contributed by atoms with Gasteiger partial charge in [-0.1, -0.05) is 158 Å². The Morgan fingerprint density at radius 2 is 1.17 bits per heavy atom. The molecule has 0 aliphatic carbocycles. The number of hydrogen-bond donors (Lipinski definition) is 0. The van der Waals surface area contributed by atoms with E-state index < -0.39 is 0 Å². The second-order valence-electron chi connectivity index (χ2n) is 14.3. The number of furan rings is 1. The van der Waals surface area contributed by atoms with Crippen molar-refractivity contribution in [2.75, 3.05) is 4.90 Å². The van der Waals surface area contributed by atoms with Crippen LogP contribution in [0.1, 0.15) is 11.1 Å². The van der Waals surface area contributed by atoms with E-state index in [1.54, 1.807) is 0 Å². The molecule has 0 amide bonds. The van der Waals surface area contributed by atoms with Crippen molar-refractivity contribution >= 4 is 51.2 Å². The first kappa shape index (κ1) is 33.3. The maximum Gasteiger partial charge on any atom is 0.172 e. The van der Waals surface area contributed by atoms with Gasteiger partial charge in [0, 0.05) is 38.7 Å². The Morgan fingerprint density at radius 3 is 1.98 bits per heavy atom. The first-order chi connectivity index (χ1) is 28.7. The number of fused-ring (bicyclic) bond motifs is 6. The molecule has 0 N–H and O–H groups in total. The van der Waals surface area contributed by atoms with E-state index in [9.17, 15) is 0 Å². The van der Waals surface area contributed by atoms with E-state index in [-0.39, 0.29) is 0 Å². The van der Waals surface area contributed by atoms with Gasteiger partial charge < -0.3 is 9.32 Å². The van der Waals surface area contributed by atoms with Gasteiger partial charge in [0.15, 0.2) is 17.5 Å². The number of nitrogens with zero attached hydrogens (tertiary/aromatic N) is 4. The first-order valence-corrected chi connectivity index (χ1v) is 19.3. The monoisotopic (exact) mass is 740 g/mol. The van der Waals surface area contributed by atoms with Gasteiger partial charge in [-0.05, 0) is 70.8 Å². The number of benzene rings is 7. The zero-order valence-corrected chi connectivity index (χ0v) is 31.2. The third kappa shape index (κ3) is 5.80. The van der Waals surface area contributed by atoms with E-state index in [0.717, 1.165) is 89.1 Å². The van der Waals surface area contributed by atoms with Crippen molar-refractivity contribution < 1.29 is 4.42 Å². The Labute approximate surface area is 335 Å². The normalized spacial score (nSPS) is 11.9. The van der Waals surface area contributed by atoms with Gasteiger partial charge in [-0.2, -0.15) is 0 Å². The Bertz CT molecular complexity index is 3100. The molecule has 1 aliphatic rings. The largest absolute Gasteiger partial charge is 0.455 e. The molecule has 1 aliphatic heterocycles. The Hall–Kier alpha value is -8.07. The van der Waals surface area contributed by atoms with Gasteiger partial charge in [-0.25, -0.2) is 15.0 Å². The summed E-state index contributed by atoms with van der Waals surface area (Å²) in [5, 5.41) is 2.19. The molecule has 0 fully saturated rings. The number of para-hydroxylation sites is 3. The standard InChI is InChI=1S/C53H32N4O/c1-4-15-37(16-5-1)51-54-52(38-17-6-2-7-18-38)56-53(55-51)39-28-26-35(27-29-39)40-19-12-20-41(34-40)43-23-13-24-45-49-44-31-30-36-14-10-11-25-46(36)57(42-21-8-3-9-22-42)47(44)32-33-48(49)58-50(43)45/h1-6,8-17,19-34H. The molecule has 2 aromatic heterocycles. The van der Waals surface area contributed by atoms with Crippen molar-refractivity contribution in [3.05, 3.63) is 205 Å². The van der Waals surface area contributed by atoms with Gasteiger partial charge in [0.25, 0.3) is 0 Å². The van der Waals surface area contributed by atoms with Crippen LogP contribution in [0.3, 0.4) is 0 Å². The van der Waals surface area contributed by atoms with Crippen LogP contribution in [0.5, 0.6) is 0 Å². The van der Waals surface area contributed by atoms with E-state index in [1.807, 2.05) is 48.5 Å². The predicted octanol–water partition coefficient (Wildman–Crippen LogP) is 13.7. The van der Waals surface area contributed by atoms with Crippen LogP contribution in [0.4, 0.5) is 17.1 Å². The lowest BCUT2D eigenvalue weighted by Crippen LogP contribution is -2.11. The van der Waals surface area contributed by atoms with Crippen molar-refractivity contribution in [2.45, 2.75) is 0 Å². The number of rotatable bonds is 6. The van der Waals surface area contributed by atoms with Gasteiger partial charge in [-0.3, -0.25) is 0 Å². The molecule has 0 bridgehead atoms. The van der Waals surface area contributed by atoms with Crippen LogP contribution in [-0.2, 0) is 0 Å². The summed E-state index contributed by atoms with van der Waals surface area (Å²) in [5.41, 5.74) is 14.3. The maximum absolute atomic E-state index is 6.78. The van der Waals surface area contributed by atoms with Gasteiger partial charge in [0.05, 0.1) is 16.9 Å². The zero-order valence-electron chi connectivity index (χ0n) is 31.2. The highest BCUT2D eigenvalue weighted by molar-refractivity contribution is 6.16. The van der Waals surface area contributed by atoms with Gasteiger partial charge in [-0.15, -0.1) is 0 Å². The van der Waals surface area contributed by atoms with Gasteiger partial charge in [0.2, 0.25) is 0 Å². The third-order valence-electron chi connectivity index (χ3n) is 10.8. The van der Waals surface area contributed by atoms with Crippen molar-refractivity contribution in [2.24, 2.45) is 0 Å². The first-order valence-electron chi connectivity index (χ1n) is 19.3. The molecule has 0 saturated heterocycles. The fraction of sp³-hybridized carbons (Fsp3) is 0. The van der Waals surface area contributed by atoms with Crippen molar-refractivity contribution in [1.29, 1.82) is 0 Å². The predicted molar refractivity (Wildman–Crippen MR) is 236 cm³/mol. The van der Waals surface area contributed by atoms with E-state index in [0.29, 0.717) is 17.5 Å². The zero-order chi connectivity index (χ0) is 38.4. The molecule has 0 saturated carbocycles. The second kappa shape index (κ2) is 13.9. The minimum Gasteiger partial charge on any atom is -0.455 e. The average Bonchev–Trinajstić information content (AvgIpc) is 3.60. The van der Waals surface area contributed by atoms with Gasteiger partial charge >= 0.3 is 0 Å². The van der Waals surface area contributed by atoms with Crippen molar-refractivity contribution in [1.82, 2.24) is 15.0 Å². The summed E-state index contributed by atoms with van der Waals surface area (Å²) in [7, 11) is 0. The lowest BCUT2D eigenvalue weighted by molar-refractivity contribution is 0.670. The van der Waals surface area contributed by atoms with Crippen LogP contribution < -0.4 is 4.90 Å². The highest BCUT2D eigenvalue weighted by Crippen LogP contribution is 2.47. The molecule has 270 valence electrons. The number of hydrogen-bond acceptors (Lipinski definition) is 5. The van der Waals surface area contributed by atoms with E-state index in [4.69, 9.17) is 19.4 Å². The molecule has 8 aromatic carbocycles. The van der Waals surface area contributed by atoms with Crippen LogP contribution in [0.2, 0.25) is 0 Å². The highest BCUT2D eigenvalue weighted by Gasteiger charge is 2.24. The molecule has 58 heavy (non-hydrogen) atoms. The summed E-state index contributed by atoms with van der Waals surface area (Å²) < 4.78 is 6.78. The Kier molecular flexibility index (Phi) is 7.98. The molecular formula is C53H32N4O. The van der Waals surface area contributed by atoms with Crippen molar-refractivity contribution in [3.63, 3.8) is 0 Å². The van der Waals surface area contributed by atoms with Crippen LogP contribution in [0.25, 0.3) is 90.5 Å². The molecule has 3 heterocycles. The second-order valence-corrected chi connectivity index (χ2v) is 14.3. The lowest BCUT2D eigenvalue weighted by atomic mass is 9.96. The summed E-state index contributed by atoms with van der Waals surface area (Å²) in [5.74, 6) is 1.77. The summed E-state index contributed by atoms with van der Waals surface area (Å²) in [6.45, 7) is 0. The smallest absolute Gasteiger partial charge is 0.172 e. The fourth-order valence-corrected chi connectivity index (χ4v) is 7.99. The lowest BCUT2D eigenvalue weighted by Gasteiger charge is -2.27. The van der Waals surface area contributed by atoms with Crippen LogP contribution in [-0.4, -0.2) is 15.0 Å². The molecule has 11 rings (SSSR count). The third-order valence-corrected chi connectivity index (χ3v) is 10.8. The Morgan fingerprint density at radius 1 is 0.483 bits per heavy atom. The topological polar surface area (TPSA) is 55.1 Å². The van der Waals surface area contributed by atoms with Crippen LogP contribution in [0.15, 0.2) is 186 Å². The highest BCUT2D eigenvalue weighted by atomic mass is 16.3. The molecule has 10 aromatic rings. The molecule has 0 unspecified atom stereocenters. The average molecular weight is 741 g/mol. The SMILES string of the molecule is c1cccc(-c2nc(-c3ccccc3)nc(-c3ccc(-c4cccc(-c5cccc6c5oc5ccc7c(c56)C=Cc5ccccc5N7c5ccccc5)c4)cc3)n2)c#1. The molecule has 5 heteroatoms. The summed E-state index contributed by atoms with van der Waals surface area (Å²) in [6.07, 6.45) is 4.46. The molecule has 0 spiro atoms. The van der Waals surface area contributed by atoms with Crippen LogP contribution >= 0.6 is 0 Å². The molecule has 0 radical (unpaired) electrons. The van der Waals surface area contributed by atoms with E-state index >= 15 is 0 Å². The van der Waals surface area contributed by atoms with E-state index in [1.165, 1.54) is 0 Å². The quantitative estimate of drug-likeness (QED) is 0.170. The number of aromatic nitrogens is 3. The maximum atomic E-state index is 6.78. The van der Waals surface area contributed by atoms with Crippen molar-refractivity contribution in [3.8, 4) is 56.4 Å². The molecular weight excluding hydrogens is 709 g/mol. The summed E-state index contributed by atoms with van der Waals surface area (Å²) in [6, 6.07) is 68.8. The fourth-order valence-electron chi connectivity index (χ4n) is 7.99. The summed E-state index contributed by atoms with van der Waals surface area (Å²) in [4.78, 5) is 16.9. The minimum atomic E-state index is 0.558. The Balaban J connectivity index is 0.976. The number of anilines is 3. The van der Waals surface area contributed by atoms with Crippen LogP contribution in [0, 0.1) is 12.1 Å². The summed E-state index contributed by atoms with van der Waals surface area (Å²) >= 11 is 0. The molecule has 0 atom stereocenters. The minimum absolute atomic E-state index is 0.558. The van der Waals surface area contributed by atoms with E-state index in [2.05, 4.69) is 163 Å².